The molecule has 0 unspecified atom stereocenters. The van der Waals surface area contributed by atoms with Crippen LogP contribution in [0.15, 0.2) is 47.6 Å². The maximum absolute atomic E-state index is 10.9. The summed E-state index contributed by atoms with van der Waals surface area (Å²) in [5.74, 6) is 1.25. The number of nitro groups is 1. The highest BCUT2D eigenvalue weighted by Crippen LogP contribution is 2.27. The second-order valence-electron chi connectivity index (χ2n) is 4.49. The third kappa shape index (κ3) is 4.19. The van der Waals surface area contributed by atoms with Gasteiger partial charge in [-0.1, -0.05) is 12.1 Å². The van der Waals surface area contributed by atoms with Crippen LogP contribution in [0.5, 0.6) is 11.5 Å². The van der Waals surface area contributed by atoms with Gasteiger partial charge in [0.25, 0.3) is 5.69 Å². The number of hydrazone groups is 1. The number of nitro benzene ring substituents is 1. The van der Waals surface area contributed by atoms with E-state index in [1.54, 1.807) is 43.7 Å². The van der Waals surface area contributed by atoms with Crippen LogP contribution in [0.4, 0.5) is 11.4 Å². The molecule has 0 aliphatic carbocycles. The number of benzene rings is 2. The number of rotatable bonds is 7. The highest BCUT2D eigenvalue weighted by atomic mass is 16.6. The summed E-state index contributed by atoms with van der Waals surface area (Å²) < 4.78 is 10.7. The van der Waals surface area contributed by atoms with Gasteiger partial charge in [-0.15, -0.1) is 0 Å². The van der Waals surface area contributed by atoms with Gasteiger partial charge in [-0.3, -0.25) is 15.5 Å². The first kappa shape index (κ1) is 16.3. The first-order valence-corrected chi connectivity index (χ1v) is 6.99. The molecule has 0 amide bonds. The fourth-order valence-electron chi connectivity index (χ4n) is 1.95. The first-order valence-electron chi connectivity index (χ1n) is 6.99. The lowest BCUT2D eigenvalue weighted by molar-refractivity contribution is -0.384. The van der Waals surface area contributed by atoms with Crippen molar-refractivity contribution >= 4 is 17.6 Å². The van der Waals surface area contributed by atoms with Crippen LogP contribution >= 0.6 is 0 Å². The van der Waals surface area contributed by atoms with Crippen molar-refractivity contribution in [2.75, 3.05) is 19.1 Å². The molecule has 120 valence electrons. The van der Waals surface area contributed by atoms with Crippen LogP contribution in [0.1, 0.15) is 12.5 Å². The maximum Gasteiger partial charge on any atom is 0.294 e. The second kappa shape index (κ2) is 7.79. The Bertz CT molecular complexity index is 716. The summed E-state index contributed by atoms with van der Waals surface area (Å²) in [4.78, 5) is 10.5. The molecule has 0 aliphatic rings. The van der Waals surface area contributed by atoms with E-state index in [9.17, 15) is 10.1 Å². The molecule has 1 N–H and O–H groups in total. The van der Waals surface area contributed by atoms with Crippen molar-refractivity contribution in [1.82, 2.24) is 0 Å². The minimum atomic E-state index is -0.460. The number of nitrogens with zero attached hydrogens (tertiary/aromatic N) is 2. The molecule has 0 saturated carbocycles. The lowest BCUT2D eigenvalue weighted by Crippen LogP contribution is -1.98. The molecule has 0 aliphatic heterocycles. The van der Waals surface area contributed by atoms with Crippen LogP contribution < -0.4 is 14.9 Å². The van der Waals surface area contributed by atoms with Gasteiger partial charge in [-0.2, -0.15) is 5.10 Å². The van der Waals surface area contributed by atoms with E-state index in [1.807, 2.05) is 13.0 Å². The zero-order valence-corrected chi connectivity index (χ0v) is 12.9. The van der Waals surface area contributed by atoms with Crippen LogP contribution in [-0.2, 0) is 0 Å². The second-order valence-corrected chi connectivity index (χ2v) is 4.49. The number of hydrogen-bond acceptors (Lipinski definition) is 6. The van der Waals surface area contributed by atoms with Gasteiger partial charge in [0, 0.05) is 6.07 Å². The Labute approximate surface area is 133 Å². The van der Waals surface area contributed by atoms with Crippen LogP contribution in [0.25, 0.3) is 0 Å². The van der Waals surface area contributed by atoms with E-state index in [-0.39, 0.29) is 5.69 Å². The molecule has 0 bridgehead atoms. The van der Waals surface area contributed by atoms with Crippen molar-refractivity contribution in [3.63, 3.8) is 0 Å². The molecule has 0 aromatic heterocycles. The molecule has 2 rings (SSSR count). The lowest BCUT2D eigenvalue weighted by atomic mass is 10.2. The number of ether oxygens (including phenoxy) is 2. The molecule has 23 heavy (non-hydrogen) atoms. The fraction of sp³-hybridized carbons (Fsp3) is 0.188. The van der Waals surface area contributed by atoms with Crippen molar-refractivity contribution in [2.45, 2.75) is 6.92 Å². The van der Waals surface area contributed by atoms with Crippen molar-refractivity contribution in [2.24, 2.45) is 5.10 Å². The minimum absolute atomic E-state index is 0.0330. The summed E-state index contributed by atoms with van der Waals surface area (Å²) in [6.07, 6.45) is 1.55. The van der Waals surface area contributed by atoms with Crippen molar-refractivity contribution in [3.8, 4) is 11.5 Å². The standard InChI is InChI=1S/C16H17N3O4/c1-3-23-16-10-12(8-9-15(16)22-2)11-17-18-13-6-4-5-7-14(13)19(20)21/h4-11,18H,3H2,1-2H3/b17-11-. The van der Waals surface area contributed by atoms with E-state index >= 15 is 0 Å². The summed E-state index contributed by atoms with van der Waals surface area (Å²) in [7, 11) is 1.57. The Morgan fingerprint density at radius 3 is 2.74 bits per heavy atom. The van der Waals surface area contributed by atoms with Gasteiger partial charge >= 0.3 is 0 Å². The Hall–Kier alpha value is -3.09. The summed E-state index contributed by atoms with van der Waals surface area (Å²) >= 11 is 0. The molecule has 2 aromatic rings. The molecule has 7 nitrogen and oxygen atoms in total. The predicted molar refractivity (Wildman–Crippen MR) is 88.5 cm³/mol. The molecule has 0 heterocycles. The smallest absolute Gasteiger partial charge is 0.294 e. The molecule has 0 radical (unpaired) electrons. The fourth-order valence-corrected chi connectivity index (χ4v) is 1.95. The van der Waals surface area contributed by atoms with Gasteiger partial charge in [0.1, 0.15) is 5.69 Å². The van der Waals surface area contributed by atoms with E-state index in [0.29, 0.717) is 23.8 Å². The average molecular weight is 315 g/mol. The number of methoxy groups -OCH3 is 1. The maximum atomic E-state index is 10.9. The van der Waals surface area contributed by atoms with Crippen molar-refractivity contribution < 1.29 is 14.4 Å². The molecule has 7 heteroatoms. The highest BCUT2D eigenvalue weighted by molar-refractivity contribution is 5.81. The van der Waals surface area contributed by atoms with Crippen molar-refractivity contribution in [1.29, 1.82) is 0 Å². The SMILES string of the molecule is CCOc1cc(/C=N\Nc2ccccc2[N+](=O)[O-])ccc1OC. The zero-order chi connectivity index (χ0) is 16.7. The summed E-state index contributed by atoms with van der Waals surface area (Å²) in [5, 5.41) is 15.0. The van der Waals surface area contributed by atoms with Crippen LogP contribution in [0.3, 0.4) is 0 Å². The molecular weight excluding hydrogens is 298 g/mol. The monoisotopic (exact) mass is 315 g/mol. The Morgan fingerprint density at radius 2 is 2.04 bits per heavy atom. The van der Waals surface area contributed by atoms with Gasteiger partial charge in [-0.25, -0.2) is 0 Å². The van der Waals surface area contributed by atoms with Gasteiger partial charge in [0.15, 0.2) is 11.5 Å². The van der Waals surface area contributed by atoms with Crippen LogP contribution in [0.2, 0.25) is 0 Å². The van der Waals surface area contributed by atoms with Crippen molar-refractivity contribution in [3.05, 3.63) is 58.1 Å². The summed E-state index contributed by atoms with van der Waals surface area (Å²) in [5.41, 5.74) is 3.75. The third-order valence-electron chi connectivity index (χ3n) is 2.99. The highest BCUT2D eigenvalue weighted by Gasteiger charge is 2.11. The number of para-hydroxylation sites is 2. The van der Waals surface area contributed by atoms with Gasteiger partial charge < -0.3 is 9.47 Å². The number of hydrogen-bond donors (Lipinski definition) is 1. The largest absolute Gasteiger partial charge is 0.493 e. The third-order valence-corrected chi connectivity index (χ3v) is 2.99. The Kier molecular flexibility index (Phi) is 5.51. The lowest BCUT2D eigenvalue weighted by Gasteiger charge is -2.09. The number of anilines is 1. The quantitative estimate of drug-likeness (QED) is 0.480. The summed E-state index contributed by atoms with van der Waals surface area (Å²) in [6.45, 7) is 2.40. The summed E-state index contributed by atoms with van der Waals surface area (Å²) in [6, 6.07) is 11.7. The minimum Gasteiger partial charge on any atom is -0.493 e. The van der Waals surface area contributed by atoms with Crippen LogP contribution in [0, 0.1) is 10.1 Å². The van der Waals surface area contributed by atoms with Gasteiger partial charge in [0.2, 0.25) is 0 Å². The molecule has 0 spiro atoms. The predicted octanol–water partition coefficient (Wildman–Crippen LogP) is 3.45. The van der Waals surface area contributed by atoms with E-state index in [0.717, 1.165) is 5.56 Å². The molecule has 2 aromatic carbocycles. The molecular formula is C16H17N3O4. The first-order chi connectivity index (χ1) is 11.2. The van der Waals surface area contributed by atoms with E-state index in [1.165, 1.54) is 6.07 Å². The van der Waals surface area contributed by atoms with Gasteiger partial charge in [-0.05, 0) is 36.8 Å². The van der Waals surface area contributed by atoms with E-state index in [4.69, 9.17) is 9.47 Å². The van der Waals surface area contributed by atoms with E-state index < -0.39 is 4.92 Å². The molecule has 0 fully saturated rings. The Balaban J connectivity index is 2.15. The number of nitrogens with one attached hydrogen (secondary N) is 1. The van der Waals surface area contributed by atoms with Gasteiger partial charge in [0.05, 0.1) is 24.9 Å². The Morgan fingerprint density at radius 1 is 1.26 bits per heavy atom. The topological polar surface area (TPSA) is 86.0 Å². The van der Waals surface area contributed by atoms with E-state index in [2.05, 4.69) is 10.5 Å². The molecule has 0 atom stereocenters. The zero-order valence-electron chi connectivity index (χ0n) is 12.9. The average Bonchev–Trinajstić information content (AvgIpc) is 2.56. The van der Waals surface area contributed by atoms with Crippen LogP contribution in [-0.4, -0.2) is 24.9 Å². The normalized spacial score (nSPS) is 10.5. The molecule has 0 saturated heterocycles.